The van der Waals surface area contributed by atoms with Crippen molar-refractivity contribution in [1.29, 1.82) is 0 Å². The van der Waals surface area contributed by atoms with Crippen molar-refractivity contribution in [2.24, 2.45) is 0 Å². The topological polar surface area (TPSA) is 34.0 Å². The lowest BCUT2D eigenvalue weighted by atomic mass is 9.97. The number of rotatable bonds is 1. The molecular weight excluding hydrogens is 200 g/mol. The molecule has 1 aromatic heterocycles. The van der Waals surface area contributed by atoms with Gasteiger partial charge in [0.05, 0.1) is 0 Å². The van der Waals surface area contributed by atoms with Crippen molar-refractivity contribution in [3.05, 3.63) is 11.6 Å². The molecular formula is C12H20N4. The smallest absolute Gasteiger partial charge is 0.154 e. The predicted octanol–water partition coefficient (Wildman–Crippen LogP) is 1.42. The van der Waals surface area contributed by atoms with E-state index in [1.807, 2.05) is 0 Å². The van der Waals surface area contributed by atoms with E-state index in [1.54, 1.807) is 0 Å². The number of aryl methyl sites for hydroxylation is 2. The lowest BCUT2D eigenvalue weighted by molar-refractivity contribution is 0.251. The maximum Gasteiger partial charge on any atom is 0.154 e. The van der Waals surface area contributed by atoms with Crippen LogP contribution in [0.4, 0.5) is 0 Å². The normalized spacial score (nSPS) is 23.3. The SMILES string of the molecule is CN1CCC(c2nc3n(n2)CCCC3)CC1. The molecule has 4 heteroatoms. The van der Waals surface area contributed by atoms with Crippen LogP contribution < -0.4 is 0 Å². The summed E-state index contributed by atoms with van der Waals surface area (Å²) in [5.41, 5.74) is 0. The van der Waals surface area contributed by atoms with Crippen LogP contribution >= 0.6 is 0 Å². The van der Waals surface area contributed by atoms with Crippen molar-refractivity contribution >= 4 is 0 Å². The monoisotopic (exact) mass is 220 g/mol. The Morgan fingerprint density at radius 1 is 1.12 bits per heavy atom. The number of likely N-dealkylation sites (tertiary alicyclic amines) is 1. The van der Waals surface area contributed by atoms with Gasteiger partial charge in [-0.15, -0.1) is 0 Å². The van der Waals surface area contributed by atoms with Crippen molar-refractivity contribution < 1.29 is 0 Å². The van der Waals surface area contributed by atoms with E-state index in [4.69, 9.17) is 4.98 Å². The fourth-order valence-electron chi connectivity index (χ4n) is 2.74. The van der Waals surface area contributed by atoms with Gasteiger partial charge in [-0.2, -0.15) is 5.10 Å². The predicted molar refractivity (Wildman–Crippen MR) is 62.4 cm³/mol. The molecule has 3 rings (SSSR count). The van der Waals surface area contributed by atoms with E-state index in [1.165, 1.54) is 44.6 Å². The second kappa shape index (κ2) is 4.17. The molecule has 2 aliphatic rings. The van der Waals surface area contributed by atoms with E-state index in [9.17, 15) is 0 Å². The fourth-order valence-corrected chi connectivity index (χ4v) is 2.74. The van der Waals surface area contributed by atoms with Crippen LogP contribution in [0.15, 0.2) is 0 Å². The molecule has 3 heterocycles. The number of hydrogen-bond donors (Lipinski definition) is 0. The van der Waals surface area contributed by atoms with Crippen molar-refractivity contribution in [3.8, 4) is 0 Å². The molecule has 0 spiro atoms. The summed E-state index contributed by atoms with van der Waals surface area (Å²) >= 11 is 0. The van der Waals surface area contributed by atoms with Crippen molar-refractivity contribution in [1.82, 2.24) is 19.7 Å². The highest BCUT2D eigenvalue weighted by molar-refractivity contribution is 5.02. The molecule has 4 nitrogen and oxygen atoms in total. The van der Waals surface area contributed by atoms with Crippen molar-refractivity contribution in [2.45, 2.75) is 44.6 Å². The summed E-state index contributed by atoms with van der Waals surface area (Å²) < 4.78 is 2.14. The molecule has 88 valence electrons. The first-order valence-corrected chi connectivity index (χ1v) is 6.45. The van der Waals surface area contributed by atoms with Gasteiger partial charge in [0.25, 0.3) is 0 Å². The summed E-state index contributed by atoms with van der Waals surface area (Å²) in [6.45, 7) is 3.46. The van der Waals surface area contributed by atoms with Crippen LogP contribution in [0.3, 0.4) is 0 Å². The maximum absolute atomic E-state index is 4.73. The highest BCUT2D eigenvalue weighted by Gasteiger charge is 2.24. The summed E-state index contributed by atoms with van der Waals surface area (Å²) in [6.07, 6.45) is 6.12. The Labute approximate surface area is 96.7 Å². The lowest BCUT2D eigenvalue weighted by Gasteiger charge is -2.27. The number of aromatic nitrogens is 3. The summed E-state index contributed by atoms with van der Waals surface area (Å²) in [7, 11) is 2.20. The Balaban J connectivity index is 1.76. The second-order valence-electron chi connectivity index (χ2n) is 5.14. The van der Waals surface area contributed by atoms with Gasteiger partial charge in [0.15, 0.2) is 5.82 Å². The summed E-state index contributed by atoms with van der Waals surface area (Å²) in [6, 6.07) is 0. The minimum absolute atomic E-state index is 0.606. The molecule has 1 saturated heterocycles. The molecule has 0 unspecified atom stereocenters. The van der Waals surface area contributed by atoms with E-state index in [0.29, 0.717) is 5.92 Å². The van der Waals surface area contributed by atoms with Crippen LogP contribution in [0.25, 0.3) is 0 Å². The van der Waals surface area contributed by atoms with Crippen molar-refractivity contribution in [2.75, 3.05) is 20.1 Å². The number of piperidine rings is 1. The third kappa shape index (κ3) is 1.86. The van der Waals surface area contributed by atoms with Crippen LogP contribution in [-0.2, 0) is 13.0 Å². The van der Waals surface area contributed by atoms with E-state index in [0.717, 1.165) is 18.8 Å². The summed E-state index contributed by atoms with van der Waals surface area (Å²) in [5, 5.41) is 4.69. The first-order valence-electron chi connectivity index (χ1n) is 6.45. The van der Waals surface area contributed by atoms with Crippen LogP contribution in [0, 0.1) is 0 Å². The van der Waals surface area contributed by atoms with E-state index < -0.39 is 0 Å². The van der Waals surface area contributed by atoms with Gasteiger partial charge in [0.1, 0.15) is 5.82 Å². The largest absolute Gasteiger partial charge is 0.306 e. The Morgan fingerprint density at radius 2 is 1.94 bits per heavy atom. The quantitative estimate of drug-likeness (QED) is 0.718. The highest BCUT2D eigenvalue weighted by Crippen LogP contribution is 2.26. The fraction of sp³-hybridized carbons (Fsp3) is 0.833. The number of hydrogen-bond acceptors (Lipinski definition) is 3. The number of fused-ring (bicyclic) bond motifs is 1. The third-order valence-electron chi connectivity index (χ3n) is 3.87. The molecule has 0 amide bonds. The molecule has 0 N–H and O–H groups in total. The molecule has 2 aliphatic heterocycles. The molecule has 0 saturated carbocycles. The molecule has 0 radical (unpaired) electrons. The van der Waals surface area contributed by atoms with Crippen molar-refractivity contribution in [3.63, 3.8) is 0 Å². The van der Waals surface area contributed by atoms with Crippen LogP contribution in [0.1, 0.15) is 43.3 Å². The third-order valence-corrected chi connectivity index (χ3v) is 3.87. The van der Waals surface area contributed by atoms with Crippen LogP contribution in [0.2, 0.25) is 0 Å². The minimum atomic E-state index is 0.606. The molecule has 0 atom stereocenters. The van der Waals surface area contributed by atoms with Gasteiger partial charge in [0.2, 0.25) is 0 Å². The molecule has 0 bridgehead atoms. The van der Waals surface area contributed by atoms with Crippen LogP contribution in [0.5, 0.6) is 0 Å². The Morgan fingerprint density at radius 3 is 2.69 bits per heavy atom. The van der Waals surface area contributed by atoms with Gasteiger partial charge < -0.3 is 4.90 Å². The zero-order chi connectivity index (χ0) is 11.0. The van der Waals surface area contributed by atoms with Gasteiger partial charge in [-0.05, 0) is 45.8 Å². The summed E-state index contributed by atoms with van der Waals surface area (Å²) in [4.78, 5) is 7.13. The van der Waals surface area contributed by atoms with E-state index in [2.05, 4.69) is 21.7 Å². The van der Waals surface area contributed by atoms with E-state index in [-0.39, 0.29) is 0 Å². The van der Waals surface area contributed by atoms with Gasteiger partial charge in [-0.25, -0.2) is 9.67 Å². The van der Waals surface area contributed by atoms with E-state index >= 15 is 0 Å². The molecule has 1 fully saturated rings. The molecule has 0 aromatic carbocycles. The maximum atomic E-state index is 4.73. The molecule has 1 aromatic rings. The minimum Gasteiger partial charge on any atom is -0.306 e. The first kappa shape index (κ1) is 10.3. The van der Waals surface area contributed by atoms with Gasteiger partial charge in [-0.1, -0.05) is 0 Å². The highest BCUT2D eigenvalue weighted by atomic mass is 15.4. The Bertz CT molecular complexity index is 340. The second-order valence-corrected chi connectivity index (χ2v) is 5.14. The average Bonchev–Trinajstić information content (AvgIpc) is 2.73. The van der Waals surface area contributed by atoms with Gasteiger partial charge in [-0.3, -0.25) is 0 Å². The first-order chi connectivity index (χ1) is 7.83. The van der Waals surface area contributed by atoms with Crippen LogP contribution in [-0.4, -0.2) is 39.8 Å². The summed E-state index contributed by atoms with van der Waals surface area (Å²) in [5.74, 6) is 2.94. The zero-order valence-corrected chi connectivity index (χ0v) is 10.0. The number of nitrogens with zero attached hydrogens (tertiary/aromatic N) is 4. The van der Waals surface area contributed by atoms with Gasteiger partial charge in [0, 0.05) is 18.9 Å². The molecule has 0 aliphatic carbocycles. The lowest BCUT2D eigenvalue weighted by Crippen LogP contribution is -2.29. The molecule has 16 heavy (non-hydrogen) atoms. The Hall–Kier alpha value is -0.900. The standard InChI is InChI=1S/C12H20N4/c1-15-8-5-10(6-9-15)12-13-11-4-2-3-7-16(11)14-12/h10H,2-9H2,1H3. The Kier molecular flexibility index (Phi) is 2.67. The average molecular weight is 220 g/mol. The van der Waals surface area contributed by atoms with Gasteiger partial charge >= 0.3 is 0 Å². The zero-order valence-electron chi connectivity index (χ0n) is 10.0.